The highest BCUT2D eigenvalue weighted by Crippen LogP contribution is 2.38. The van der Waals surface area contributed by atoms with E-state index in [9.17, 15) is 9.59 Å². The van der Waals surface area contributed by atoms with E-state index in [0.29, 0.717) is 27.5 Å². The van der Waals surface area contributed by atoms with E-state index in [1.807, 2.05) is 23.7 Å². The minimum Gasteiger partial charge on any atom is -0.486 e. The zero-order chi connectivity index (χ0) is 24.9. The Labute approximate surface area is 213 Å². The van der Waals surface area contributed by atoms with Crippen LogP contribution >= 0.6 is 23.1 Å². The average Bonchev–Trinajstić information content (AvgIpc) is 3.40. The summed E-state index contributed by atoms with van der Waals surface area (Å²) >= 11 is 2.77. The molecule has 4 rings (SSSR count). The van der Waals surface area contributed by atoms with Crippen LogP contribution in [0.4, 0.5) is 5.00 Å². The number of nitrogens with zero attached hydrogens (tertiary/aromatic N) is 3. The number of hydrogen-bond donors (Lipinski definition) is 1. The van der Waals surface area contributed by atoms with E-state index >= 15 is 0 Å². The van der Waals surface area contributed by atoms with Gasteiger partial charge in [-0.25, -0.2) is 4.79 Å². The van der Waals surface area contributed by atoms with Crippen LogP contribution in [0.3, 0.4) is 0 Å². The Bertz CT molecular complexity index is 1200. The van der Waals surface area contributed by atoms with E-state index in [1.54, 1.807) is 0 Å². The SMILES string of the molecule is COC(=O)c1c(NC(=O)CSc2nnc(COc3ccc(C(C)C)cc3)n2C)sc2c1CCCC2. The maximum absolute atomic E-state index is 12.7. The van der Waals surface area contributed by atoms with Crippen LogP contribution in [0.25, 0.3) is 0 Å². The summed E-state index contributed by atoms with van der Waals surface area (Å²) in [6, 6.07) is 8.03. The number of benzene rings is 1. The normalized spacial score (nSPS) is 12.9. The Hall–Kier alpha value is -2.85. The molecule has 1 aliphatic carbocycles. The van der Waals surface area contributed by atoms with Gasteiger partial charge < -0.3 is 19.4 Å². The topological polar surface area (TPSA) is 95.3 Å². The molecule has 10 heteroatoms. The second-order valence-electron chi connectivity index (χ2n) is 8.71. The molecule has 1 amide bonds. The fourth-order valence-electron chi connectivity index (χ4n) is 3.96. The van der Waals surface area contributed by atoms with Crippen molar-refractivity contribution in [2.24, 2.45) is 7.05 Å². The van der Waals surface area contributed by atoms with E-state index in [-0.39, 0.29) is 18.3 Å². The number of nitrogens with one attached hydrogen (secondary N) is 1. The van der Waals surface area contributed by atoms with Crippen LogP contribution in [0.15, 0.2) is 29.4 Å². The van der Waals surface area contributed by atoms with Gasteiger partial charge in [-0.2, -0.15) is 0 Å². The molecule has 2 heterocycles. The smallest absolute Gasteiger partial charge is 0.341 e. The Morgan fingerprint density at radius 3 is 2.63 bits per heavy atom. The molecule has 0 bridgehead atoms. The standard InChI is InChI=1S/C25H30N4O4S2/c1-15(2)16-9-11-17(12-10-16)33-13-20-27-28-25(29(20)3)34-14-21(30)26-23-22(24(31)32-4)18-7-5-6-8-19(18)35-23/h9-12,15H,5-8,13-14H2,1-4H3,(H,26,30). The lowest BCUT2D eigenvalue weighted by Gasteiger charge is -2.11. The maximum Gasteiger partial charge on any atom is 0.341 e. The summed E-state index contributed by atoms with van der Waals surface area (Å²) < 4.78 is 12.7. The first kappa shape index (κ1) is 25.2. The number of aryl methyl sites for hydroxylation is 1. The third kappa shape index (κ3) is 5.87. The predicted molar refractivity (Wildman–Crippen MR) is 138 cm³/mol. The Morgan fingerprint density at radius 2 is 1.91 bits per heavy atom. The number of thioether (sulfide) groups is 1. The molecule has 1 aromatic carbocycles. The summed E-state index contributed by atoms with van der Waals surface area (Å²) in [5.41, 5.74) is 2.78. The number of methoxy groups -OCH3 is 1. The van der Waals surface area contributed by atoms with Gasteiger partial charge in [-0.3, -0.25) is 4.79 Å². The molecular formula is C25H30N4O4S2. The molecule has 0 radical (unpaired) electrons. The third-order valence-corrected chi connectivity index (χ3v) is 8.21. The van der Waals surface area contributed by atoms with Crippen molar-refractivity contribution in [3.63, 3.8) is 0 Å². The fourth-order valence-corrected chi connectivity index (χ4v) is 5.98. The lowest BCUT2D eigenvalue weighted by Crippen LogP contribution is -2.17. The molecule has 8 nitrogen and oxygen atoms in total. The van der Waals surface area contributed by atoms with E-state index in [2.05, 4.69) is 41.5 Å². The average molecular weight is 515 g/mol. The van der Waals surface area contributed by atoms with Gasteiger partial charge in [0, 0.05) is 11.9 Å². The molecule has 0 saturated carbocycles. The van der Waals surface area contributed by atoms with Crippen molar-refractivity contribution in [1.29, 1.82) is 0 Å². The molecular weight excluding hydrogens is 484 g/mol. The first-order valence-electron chi connectivity index (χ1n) is 11.6. The number of aromatic nitrogens is 3. The number of rotatable bonds is 9. The van der Waals surface area contributed by atoms with Gasteiger partial charge in [-0.15, -0.1) is 21.5 Å². The first-order chi connectivity index (χ1) is 16.9. The number of esters is 1. The number of hydrogen-bond acceptors (Lipinski definition) is 8. The molecule has 0 saturated heterocycles. The molecule has 0 atom stereocenters. The minimum atomic E-state index is -0.399. The fraction of sp³-hybridized carbons (Fsp3) is 0.440. The Morgan fingerprint density at radius 1 is 1.17 bits per heavy atom. The number of thiophene rings is 1. The molecule has 2 aromatic heterocycles. The van der Waals surface area contributed by atoms with Crippen molar-refractivity contribution in [3.8, 4) is 5.75 Å². The van der Waals surface area contributed by atoms with Crippen molar-refractivity contribution in [2.45, 2.75) is 57.2 Å². The van der Waals surface area contributed by atoms with E-state index in [0.717, 1.165) is 41.9 Å². The van der Waals surface area contributed by atoms with Gasteiger partial charge in [-0.05, 0) is 54.9 Å². The predicted octanol–water partition coefficient (Wildman–Crippen LogP) is 4.98. The Kier molecular flexibility index (Phi) is 8.12. The van der Waals surface area contributed by atoms with Crippen LogP contribution in [-0.4, -0.2) is 39.5 Å². The zero-order valence-corrected chi connectivity index (χ0v) is 22.1. The number of ether oxygens (including phenoxy) is 2. The van der Waals surface area contributed by atoms with Crippen molar-refractivity contribution >= 4 is 40.0 Å². The number of fused-ring (bicyclic) bond motifs is 1. The van der Waals surface area contributed by atoms with Crippen molar-refractivity contribution in [2.75, 3.05) is 18.2 Å². The molecule has 3 aromatic rings. The monoisotopic (exact) mass is 514 g/mol. The maximum atomic E-state index is 12.7. The van der Waals surface area contributed by atoms with Gasteiger partial charge in [0.05, 0.1) is 18.4 Å². The summed E-state index contributed by atoms with van der Waals surface area (Å²) in [6.45, 7) is 4.59. The molecule has 0 unspecified atom stereocenters. The number of carbonyl (C=O) groups excluding carboxylic acids is 2. The lowest BCUT2D eigenvalue weighted by atomic mass is 9.95. The molecule has 186 valence electrons. The molecule has 0 spiro atoms. The second-order valence-corrected chi connectivity index (χ2v) is 10.8. The van der Waals surface area contributed by atoms with Gasteiger partial charge in [0.25, 0.3) is 0 Å². The van der Waals surface area contributed by atoms with Crippen LogP contribution < -0.4 is 10.1 Å². The van der Waals surface area contributed by atoms with E-state index < -0.39 is 5.97 Å². The van der Waals surface area contributed by atoms with E-state index in [1.165, 1.54) is 35.8 Å². The number of amides is 1. The van der Waals surface area contributed by atoms with Gasteiger partial charge in [0.1, 0.15) is 17.4 Å². The molecule has 1 aliphatic rings. The van der Waals surface area contributed by atoms with Gasteiger partial charge in [-0.1, -0.05) is 37.7 Å². The van der Waals surface area contributed by atoms with Crippen molar-refractivity contribution in [3.05, 3.63) is 51.7 Å². The summed E-state index contributed by atoms with van der Waals surface area (Å²) in [5, 5.41) is 12.5. The van der Waals surface area contributed by atoms with Gasteiger partial charge >= 0.3 is 5.97 Å². The van der Waals surface area contributed by atoms with Gasteiger partial charge in [0.15, 0.2) is 11.0 Å². The highest BCUT2D eigenvalue weighted by atomic mass is 32.2. The van der Waals surface area contributed by atoms with E-state index in [4.69, 9.17) is 9.47 Å². The van der Waals surface area contributed by atoms with Gasteiger partial charge in [0.2, 0.25) is 5.91 Å². The van der Waals surface area contributed by atoms with Crippen LogP contribution in [0.1, 0.15) is 64.8 Å². The Balaban J connectivity index is 1.34. The summed E-state index contributed by atoms with van der Waals surface area (Å²) in [5.74, 6) is 1.45. The van der Waals surface area contributed by atoms with Crippen LogP contribution in [-0.2, 0) is 36.0 Å². The third-order valence-electron chi connectivity index (χ3n) is 5.99. The highest BCUT2D eigenvalue weighted by Gasteiger charge is 2.27. The minimum absolute atomic E-state index is 0.146. The van der Waals surface area contributed by atoms with Crippen LogP contribution in [0.2, 0.25) is 0 Å². The quantitative estimate of drug-likeness (QED) is 0.318. The van der Waals surface area contributed by atoms with Crippen molar-refractivity contribution in [1.82, 2.24) is 14.8 Å². The number of anilines is 1. The first-order valence-corrected chi connectivity index (χ1v) is 13.4. The number of carbonyl (C=O) groups is 2. The highest BCUT2D eigenvalue weighted by molar-refractivity contribution is 7.99. The summed E-state index contributed by atoms with van der Waals surface area (Å²) in [4.78, 5) is 26.3. The zero-order valence-electron chi connectivity index (χ0n) is 20.4. The molecule has 35 heavy (non-hydrogen) atoms. The molecule has 0 fully saturated rings. The molecule has 1 N–H and O–H groups in total. The lowest BCUT2D eigenvalue weighted by molar-refractivity contribution is -0.113. The van der Waals surface area contributed by atoms with Crippen LogP contribution in [0, 0.1) is 0 Å². The summed E-state index contributed by atoms with van der Waals surface area (Å²) in [7, 11) is 3.22. The van der Waals surface area contributed by atoms with Crippen molar-refractivity contribution < 1.29 is 19.1 Å². The van der Waals surface area contributed by atoms with Crippen LogP contribution in [0.5, 0.6) is 5.75 Å². The summed E-state index contributed by atoms with van der Waals surface area (Å²) in [6.07, 6.45) is 3.91. The molecule has 0 aliphatic heterocycles. The second kappa shape index (κ2) is 11.3. The largest absolute Gasteiger partial charge is 0.486 e.